The van der Waals surface area contributed by atoms with E-state index in [1.807, 2.05) is 0 Å². The van der Waals surface area contributed by atoms with Crippen molar-refractivity contribution in [1.29, 1.82) is 0 Å². The predicted molar refractivity (Wildman–Crippen MR) is 81.6 cm³/mol. The van der Waals surface area contributed by atoms with E-state index in [1.54, 1.807) is 49.8 Å². The molecule has 3 rings (SSSR count). The summed E-state index contributed by atoms with van der Waals surface area (Å²) in [6.45, 7) is 0.550. The molecule has 2 N–H and O–H groups in total. The molecule has 1 aliphatic rings. The summed E-state index contributed by atoms with van der Waals surface area (Å²) in [5.74, 6) is 1.46. The quantitative estimate of drug-likeness (QED) is 0.893. The maximum absolute atomic E-state index is 12.8. The van der Waals surface area contributed by atoms with Crippen molar-refractivity contribution in [3.8, 4) is 0 Å². The summed E-state index contributed by atoms with van der Waals surface area (Å²) in [4.78, 5) is 26.2. The lowest BCUT2D eigenvalue weighted by molar-refractivity contribution is 0.0684. The van der Waals surface area contributed by atoms with Gasteiger partial charge in [0.1, 0.15) is 11.6 Å². The topological polar surface area (TPSA) is 83.1 Å². The van der Waals surface area contributed by atoms with Gasteiger partial charge in [-0.25, -0.2) is 9.97 Å². The Morgan fingerprint density at radius 3 is 2.91 bits per heavy atom. The number of methoxy groups -OCH3 is 1. The SMILES string of the molecule is CNc1ccc(C(=O)N2C[C@H](OC)CC2c2ncc[nH]2)cn1. The first kappa shape index (κ1) is 14.5. The van der Waals surface area contributed by atoms with Crippen LogP contribution in [0.5, 0.6) is 0 Å². The third kappa shape index (κ3) is 2.67. The Labute approximate surface area is 128 Å². The molecule has 2 aromatic rings. The number of pyridine rings is 1. The number of aromatic nitrogens is 3. The number of nitrogens with zero attached hydrogens (tertiary/aromatic N) is 3. The minimum atomic E-state index is -0.101. The van der Waals surface area contributed by atoms with E-state index >= 15 is 0 Å². The molecule has 2 atom stereocenters. The van der Waals surface area contributed by atoms with Crippen molar-refractivity contribution in [3.05, 3.63) is 42.1 Å². The molecule has 1 fully saturated rings. The van der Waals surface area contributed by atoms with Crippen molar-refractivity contribution >= 4 is 11.7 Å². The van der Waals surface area contributed by atoms with Crippen LogP contribution in [0.25, 0.3) is 0 Å². The minimum absolute atomic E-state index is 0.0172. The number of likely N-dealkylation sites (tertiary alicyclic amines) is 1. The van der Waals surface area contributed by atoms with E-state index in [1.165, 1.54) is 0 Å². The molecule has 0 radical (unpaired) electrons. The van der Waals surface area contributed by atoms with E-state index in [4.69, 9.17) is 4.74 Å². The van der Waals surface area contributed by atoms with E-state index in [0.717, 1.165) is 18.1 Å². The van der Waals surface area contributed by atoms with Crippen molar-refractivity contribution in [2.45, 2.75) is 18.6 Å². The Hall–Kier alpha value is -2.41. The van der Waals surface area contributed by atoms with Crippen LogP contribution < -0.4 is 5.32 Å². The largest absolute Gasteiger partial charge is 0.380 e. The first-order chi connectivity index (χ1) is 10.7. The zero-order chi connectivity index (χ0) is 15.5. The fraction of sp³-hybridized carbons (Fsp3) is 0.400. The summed E-state index contributed by atoms with van der Waals surface area (Å²) < 4.78 is 5.43. The lowest BCUT2D eigenvalue weighted by Gasteiger charge is -2.22. The number of H-pyrrole nitrogens is 1. The smallest absolute Gasteiger partial charge is 0.256 e. The summed E-state index contributed by atoms with van der Waals surface area (Å²) in [6, 6.07) is 3.47. The lowest BCUT2D eigenvalue weighted by Crippen LogP contribution is -2.32. The standard InChI is InChI=1S/C15H19N5O2/c1-16-13-4-3-10(8-19-13)15(21)20-9-11(22-2)7-12(20)14-17-5-6-18-14/h3-6,8,11-12H,7,9H2,1-2H3,(H,16,19)(H,17,18)/t11-,12?/m1/s1. The van der Waals surface area contributed by atoms with Gasteiger partial charge in [0.15, 0.2) is 0 Å². The van der Waals surface area contributed by atoms with Gasteiger partial charge in [-0.2, -0.15) is 0 Å². The third-order valence-electron chi connectivity index (χ3n) is 3.96. The van der Waals surface area contributed by atoms with Gasteiger partial charge in [-0.05, 0) is 12.1 Å². The number of hydrogen-bond acceptors (Lipinski definition) is 5. The Morgan fingerprint density at radius 1 is 1.45 bits per heavy atom. The second-order valence-corrected chi connectivity index (χ2v) is 5.22. The van der Waals surface area contributed by atoms with Gasteiger partial charge < -0.3 is 19.9 Å². The average Bonchev–Trinajstić information content (AvgIpc) is 3.23. The van der Waals surface area contributed by atoms with Gasteiger partial charge >= 0.3 is 0 Å². The van der Waals surface area contributed by atoms with Gasteiger partial charge in [0.25, 0.3) is 5.91 Å². The number of carbonyl (C=O) groups is 1. The van der Waals surface area contributed by atoms with E-state index in [9.17, 15) is 4.79 Å². The molecular weight excluding hydrogens is 282 g/mol. The van der Waals surface area contributed by atoms with Gasteiger partial charge in [-0.3, -0.25) is 4.79 Å². The van der Waals surface area contributed by atoms with Crippen molar-refractivity contribution in [3.63, 3.8) is 0 Å². The zero-order valence-corrected chi connectivity index (χ0v) is 12.6. The highest BCUT2D eigenvalue weighted by Crippen LogP contribution is 2.32. The van der Waals surface area contributed by atoms with Gasteiger partial charge in [0.2, 0.25) is 0 Å². The summed E-state index contributed by atoms with van der Waals surface area (Å²) in [5, 5.41) is 2.94. The van der Waals surface area contributed by atoms with Crippen LogP contribution in [0.2, 0.25) is 0 Å². The van der Waals surface area contributed by atoms with E-state index in [2.05, 4.69) is 20.3 Å². The van der Waals surface area contributed by atoms with Crippen molar-refractivity contribution < 1.29 is 9.53 Å². The van der Waals surface area contributed by atoms with Gasteiger partial charge in [0, 0.05) is 45.7 Å². The molecular formula is C15H19N5O2. The van der Waals surface area contributed by atoms with E-state index in [0.29, 0.717) is 12.1 Å². The first-order valence-electron chi connectivity index (χ1n) is 7.19. The molecule has 1 amide bonds. The number of hydrogen-bond donors (Lipinski definition) is 2. The van der Waals surface area contributed by atoms with Crippen LogP contribution in [0.1, 0.15) is 28.6 Å². The molecule has 7 nitrogen and oxygen atoms in total. The highest BCUT2D eigenvalue weighted by Gasteiger charge is 2.38. The van der Waals surface area contributed by atoms with Crippen molar-refractivity contribution in [2.24, 2.45) is 0 Å². The highest BCUT2D eigenvalue weighted by molar-refractivity contribution is 5.94. The maximum Gasteiger partial charge on any atom is 0.256 e. The Bertz CT molecular complexity index is 626. The minimum Gasteiger partial charge on any atom is -0.380 e. The summed E-state index contributed by atoms with van der Waals surface area (Å²) in [6.07, 6.45) is 5.80. The molecule has 0 aromatic carbocycles. The van der Waals surface area contributed by atoms with Crippen LogP contribution in [-0.2, 0) is 4.74 Å². The second-order valence-electron chi connectivity index (χ2n) is 5.22. The number of ether oxygens (including phenoxy) is 1. The molecule has 2 aromatic heterocycles. The number of rotatable bonds is 4. The van der Waals surface area contributed by atoms with Gasteiger partial charge in [0.05, 0.1) is 17.7 Å². The summed E-state index contributed by atoms with van der Waals surface area (Å²) in [7, 11) is 3.46. The second kappa shape index (κ2) is 6.15. The maximum atomic E-state index is 12.8. The number of aromatic amines is 1. The summed E-state index contributed by atoms with van der Waals surface area (Å²) >= 11 is 0. The fourth-order valence-corrected chi connectivity index (χ4v) is 2.75. The highest BCUT2D eigenvalue weighted by atomic mass is 16.5. The van der Waals surface area contributed by atoms with Gasteiger partial charge in [-0.1, -0.05) is 0 Å². The average molecular weight is 301 g/mol. The van der Waals surface area contributed by atoms with Crippen LogP contribution in [-0.4, -0.2) is 52.6 Å². The molecule has 7 heteroatoms. The zero-order valence-electron chi connectivity index (χ0n) is 12.6. The summed E-state index contributed by atoms with van der Waals surface area (Å²) in [5.41, 5.74) is 0.562. The monoisotopic (exact) mass is 301 g/mol. The molecule has 1 saturated heterocycles. The fourth-order valence-electron chi connectivity index (χ4n) is 2.75. The molecule has 116 valence electrons. The predicted octanol–water partition coefficient (Wildman–Crippen LogP) is 1.45. The van der Waals surface area contributed by atoms with Crippen LogP contribution in [0.3, 0.4) is 0 Å². The number of carbonyl (C=O) groups excluding carboxylic acids is 1. The molecule has 1 aliphatic heterocycles. The number of nitrogens with one attached hydrogen (secondary N) is 2. The third-order valence-corrected chi connectivity index (χ3v) is 3.96. The van der Waals surface area contributed by atoms with Crippen LogP contribution >= 0.6 is 0 Å². The Balaban J connectivity index is 1.85. The molecule has 0 bridgehead atoms. The van der Waals surface area contributed by atoms with Gasteiger partial charge in [-0.15, -0.1) is 0 Å². The molecule has 0 saturated carbocycles. The van der Waals surface area contributed by atoms with Crippen molar-refractivity contribution in [2.75, 3.05) is 26.0 Å². The molecule has 1 unspecified atom stereocenters. The molecule has 0 aliphatic carbocycles. The van der Waals surface area contributed by atoms with E-state index in [-0.39, 0.29) is 18.1 Å². The Kier molecular flexibility index (Phi) is 4.06. The lowest BCUT2D eigenvalue weighted by atomic mass is 10.1. The number of imidazole rings is 1. The molecule has 3 heterocycles. The van der Waals surface area contributed by atoms with E-state index < -0.39 is 0 Å². The Morgan fingerprint density at radius 2 is 2.32 bits per heavy atom. The van der Waals surface area contributed by atoms with Crippen LogP contribution in [0.15, 0.2) is 30.7 Å². The van der Waals surface area contributed by atoms with Crippen molar-refractivity contribution in [1.82, 2.24) is 19.9 Å². The first-order valence-corrected chi connectivity index (χ1v) is 7.19. The van der Waals surface area contributed by atoms with Crippen LogP contribution in [0.4, 0.5) is 5.82 Å². The normalized spacial score (nSPS) is 21.1. The number of amides is 1. The molecule has 22 heavy (non-hydrogen) atoms. The number of anilines is 1. The molecule has 0 spiro atoms. The van der Waals surface area contributed by atoms with Crippen LogP contribution in [0, 0.1) is 0 Å².